The van der Waals surface area contributed by atoms with E-state index in [4.69, 9.17) is 5.11 Å². The fraction of sp³-hybridized carbons (Fsp3) is 0.733. The van der Waals surface area contributed by atoms with Gasteiger partial charge < -0.3 is 15.3 Å². The van der Waals surface area contributed by atoms with Crippen molar-refractivity contribution in [2.75, 3.05) is 19.6 Å². The molecular weight excluding hydrogens is 302 g/mol. The van der Waals surface area contributed by atoms with E-state index in [9.17, 15) is 19.2 Å². The van der Waals surface area contributed by atoms with E-state index in [0.717, 1.165) is 4.90 Å². The first-order chi connectivity index (χ1) is 10.8. The van der Waals surface area contributed by atoms with Crippen molar-refractivity contribution in [3.05, 3.63) is 0 Å². The Kier molecular flexibility index (Phi) is 4.91. The van der Waals surface area contributed by atoms with Gasteiger partial charge in [0.2, 0.25) is 5.91 Å². The Morgan fingerprint density at radius 2 is 1.78 bits per heavy atom. The molecule has 2 rings (SSSR count). The van der Waals surface area contributed by atoms with Crippen LogP contribution >= 0.6 is 0 Å². The molecule has 2 aliphatic heterocycles. The molecule has 0 bridgehead atoms. The lowest BCUT2D eigenvalue weighted by Crippen LogP contribution is -2.48. The normalized spacial score (nSPS) is 21.5. The van der Waals surface area contributed by atoms with Crippen molar-refractivity contribution in [2.45, 2.75) is 45.1 Å². The van der Waals surface area contributed by atoms with Crippen molar-refractivity contribution in [3.63, 3.8) is 0 Å². The Morgan fingerprint density at radius 3 is 2.22 bits per heavy atom. The summed E-state index contributed by atoms with van der Waals surface area (Å²) in [5.41, 5.74) is -0.909. The monoisotopic (exact) mass is 325 g/mol. The van der Waals surface area contributed by atoms with Gasteiger partial charge in [-0.15, -0.1) is 0 Å². The number of carbonyl (C=O) groups excluding carboxylic acids is 3. The van der Waals surface area contributed by atoms with Crippen LogP contribution in [0.4, 0.5) is 4.79 Å². The number of hydrogen-bond acceptors (Lipinski definition) is 4. The summed E-state index contributed by atoms with van der Waals surface area (Å²) in [7, 11) is 0. The number of aliphatic carboxylic acids is 1. The van der Waals surface area contributed by atoms with Gasteiger partial charge in [-0.2, -0.15) is 0 Å². The smallest absolute Gasteiger partial charge is 0.325 e. The molecule has 23 heavy (non-hydrogen) atoms. The molecule has 8 heteroatoms. The first-order valence-electron chi connectivity index (χ1n) is 7.99. The van der Waals surface area contributed by atoms with Crippen LogP contribution in [0.5, 0.6) is 0 Å². The highest BCUT2D eigenvalue weighted by Gasteiger charge is 2.49. The third kappa shape index (κ3) is 3.16. The fourth-order valence-corrected chi connectivity index (χ4v) is 3.16. The molecule has 8 nitrogen and oxygen atoms in total. The van der Waals surface area contributed by atoms with Crippen molar-refractivity contribution >= 4 is 23.8 Å². The van der Waals surface area contributed by atoms with Crippen LogP contribution in [0.15, 0.2) is 0 Å². The molecule has 2 heterocycles. The molecule has 0 aromatic carbocycles. The molecule has 4 amide bonds. The van der Waals surface area contributed by atoms with Crippen LogP contribution in [0.2, 0.25) is 0 Å². The predicted octanol–water partition coefficient (Wildman–Crippen LogP) is 0.420. The Bertz CT molecular complexity index is 521. The van der Waals surface area contributed by atoms with Gasteiger partial charge in [0.15, 0.2) is 0 Å². The van der Waals surface area contributed by atoms with E-state index in [0.29, 0.717) is 38.8 Å². The number of carboxylic acid groups (broad SMARTS) is 1. The standard InChI is InChI=1S/C15H23N3O5/c1-3-15(4-2)13(22)18(14(23)16-15)9-11(19)17-7-5-10(6-8-17)12(20)21/h10H,3-9H2,1-2H3,(H,16,23)(H,20,21). The first kappa shape index (κ1) is 17.2. The zero-order valence-corrected chi connectivity index (χ0v) is 13.5. The highest BCUT2D eigenvalue weighted by molar-refractivity contribution is 6.09. The topological polar surface area (TPSA) is 107 Å². The maximum absolute atomic E-state index is 12.5. The Labute approximate surface area is 134 Å². The van der Waals surface area contributed by atoms with Gasteiger partial charge in [-0.05, 0) is 25.7 Å². The van der Waals surface area contributed by atoms with Crippen LogP contribution in [0.3, 0.4) is 0 Å². The van der Waals surface area contributed by atoms with E-state index < -0.39 is 23.5 Å². The predicted molar refractivity (Wildman–Crippen MR) is 80.5 cm³/mol. The van der Waals surface area contributed by atoms with E-state index in [1.807, 2.05) is 13.8 Å². The average molecular weight is 325 g/mol. The first-order valence-corrected chi connectivity index (χ1v) is 7.99. The summed E-state index contributed by atoms with van der Waals surface area (Å²) in [6.07, 6.45) is 1.75. The number of piperidine rings is 1. The molecule has 0 spiro atoms. The minimum atomic E-state index is -0.909. The average Bonchev–Trinajstić information content (AvgIpc) is 2.79. The second kappa shape index (κ2) is 6.55. The van der Waals surface area contributed by atoms with Gasteiger partial charge in [-0.1, -0.05) is 13.8 Å². The third-order valence-electron chi connectivity index (χ3n) is 4.94. The van der Waals surface area contributed by atoms with Gasteiger partial charge in [0, 0.05) is 13.1 Å². The summed E-state index contributed by atoms with van der Waals surface area (Å²) in [6, 6.07) is -0.535. The molecule has 0 aliphatic carbocycles. The van der Waals surface area contributed by atoms with Gasteiger partial charge in [-0.3, -0.25) is 19.3 Å². The van der Waals surface area contributed by atoms with Crippen molar-refractivity contribution in [1.29, 1.82) is 0 Å². The summed E-state index contributed by atoms with van der Waals surface area (Å²) in [5.74, 6) is -1.95. The van der Waals surface area contributed by atoms with Gasteiger partial charge in [0.1, 0.15) is 12.1 Å². The van der Waals surface area contributed by atoms with Crippen LogP contribution < -0.4 is 5.32 Å². The van der Waals surface area contributed by atoms with Crippen molar-refractivity contribution in [1.82, 2.24) is 15.1 Å². The van der Waals surface area contributed by atoms with E-state index in [1.54, 1.807) is 0 Å². The Morgan fingerprint density at radius 1 is 1.22 bits per heavy atom. The van der Waals surface area contributed by atoms with E-state index in [-0.39, 0.29) is 18.4 Å². The number of imide groups is 1. The molecule has 2 fully saturated rings. The van der Waals surface area contributed by atoms with Gasteiger partial charge in [0.05, 0.1) is 5.92 Å². The lowest BCUT2D eigenvalue weighted by Gasteiger charge is -2.31. The minimum Gasteiger partial charge on any atom is -0.481 e. The lowest BCUT2D eigenvalue weighted by molar-refractivity contribution is -0.146. The highest BCUT2D eigenvalue weighted by atomic mass is 16.4. The van der Waals surface area contributed by atoms with E-state index in [2.05, 4.69) is 5.32 Å². The SMILES string of the molecule is CCC1(CC)NC(=O)N(CC(=O)N2CCC(C(=O)O)CC2)C1=O. The zero-order chi connectivity index (χ0) is 17.2. The molecular formula is C15H23N3O5. The molecule has 0 saturated carbocycles. The van der Waals surface area contributed by atoms with E-state index in [1.165, 1.54) is 4.90 Å². The molecule has 0 unspecified atom stereocenters. The van der Waals surface area contributed by atoms with Crippen LogP contribution in [0.1, 0.15) is 39.5 Å². The van der Waals surface area contributed by atoms with Crippen molar-refractivity contribution < 1.29 is 24.3 Å². The zero-order valence-electron chi connectivity index (χ0n) is 13.5. The number of carboxylic acids is 1. The van der Waals surface area contributed by atoms with Gasteiger partial charge in [-0.25, -0.2) is 4.79 Å². The maximum Gasteiger partial charge on any atom is 0.325 e. The number of nitrogens with zero attached hydrogens (tertiary/aromatic N) is 2. The summed E-state index contributed by atoms with van der Waals surface area (Å²) >= 11 is 0. The van der Waals surface area contributed by atoms with Gasteiger partial charge in [0.25, 0.3) is 5.91 Å². The molecule has 0 radical (unpaired) electrons. The number of urea groups is 1. The van der Waals surface area contributed by atoms with Crippen LogP contribution in [-0.2, 0) is 14.4 Å². The summed E-state index contributed by atoms with van der Waals surface area (Å²) in [4.78, 5) is 50.2. The molecule has 0 aromatic rings. The quantitative estimate of drug-likeness (QED) is 0.712. The fourth-order valence-electron chi connectivity index (χ4n) is 3.16. The Balaban J connectivity index is 1.97. The van der Waals surface area contributed by atoms with Crippen LogP contribution in [0, 0.1) is 5.92 Å². The molecule has 2 saturated heterocycles. The lowest BCUT2D eigenvalue weighted by atomic mass is 9.93. The molecule has 128 valence electrons. The van der Waals surface area contributed by atoms with Crippen LogP contribution in [0.25, 0.3) is 0 Å². The van der Waals surface area contributed by atoms with Crippen molar-refractivity contribution in [2.24, 2.45) is 5.92 Å². The number of hydrogen-bond donors (Lipinski definition) is 2. The number of carbonyl (C=O) groups is 4. The summed E-state index contributed by atoms with van der Waals surface area (Å²) in [5, 5.41) is 11.7. The minimum absolute atomic E-state index is 0.288. The van der Waals surface area contributed by atoms with Crippen LogP contribution in [-0.4, -0.2) is 63.9 Å². The van der Waals surface area contributed by atoms with E-state index >= 15 is 0 Å². The molecule has 2 aliphatic rings. The molecule has 0 aromatic heterocycles. The summed E-state index contributed by atoms with van der Waals surface area (Å²) < 4.78 is 0. The largest absolute Gasteiger partial charge is 0.481 e. The highest BCUT2D eigenvalue weighted by Crippen LogP contribution is 2.25. The number of nitrogens with one attached hydrogen (secondary N) is 1. The Hall–Kier alpha value is -2.12. The number of likely N-dealkylation sites (tertiary alicyclic amines) is 1. The maximum atomic E-state index is 12.5. The molecule has 2 N–H and O–H groups in total. The third-order valence-corrected chi connectivity index (χ3v) is 4.94. The number of amides is 4. The summed E-state index contributed by atoms with van der Waals surface area (Å²) in [6.45, 7) is 4.04. The van der Waals surface area contributed by atoms with Gasteiger partial charge >= 0.3 is 12.0 Å². The molecule has 0 atom stereocenters. The van der Waals surface area contributed by atoms with Crippen molar-refractivity contribution in [3.8, 4) is 0 Å². The second-order valence-electron chi connectivity index (χ2n) is 6.10. The number of rotatable bonds is 5. The second-order valence-corrected chi connectivity index (χ2v) is 6.10.